The number of nitrogens with one attached hydrogen (secondary N) is 1. The lowest BCUT2D eigenvalue weighted by Gasteiger charge is -2.40. The Kier molecular flexibility index (Phi) is 35.6. The van der Waals surface area contributed by atoms with E-state index < -0.39 is 74.2 Å². The highest BCUT2D eigenvalue weighted by molar-refractivity contribution is 5.80. The molecule has 11 heteroatoms. The average molecular weight is 830 g/mol. The van der Waals surface area contributed by atoms with Crippen molar-refractivity contribution >= 4 is 5.91 Å². The fourth-order valence-corrected chi connectivity index (χ4v) is 7.79. The summed E-state index contributed by atoms with van der Waals surface area (Å²) in [5, 5.41) is 75.5. The Morgan fingerprint density at radius 3 is 1.48 bits per heavy atom. The zero-order valence-electron chi connectivity index (χ0n) is 37.0. The smallest absolute Gasteiger partial charge is 0.249 e. The highest BCUT2D eigenvalue weighted by Gasteiger charge is 2.44. The van der Waals surface area contributed by atoms with Gasteiger partial charge < -0.3 is 50.5 Å². The van der Waals surface area contributed by atoms with E-state index in [-0.39, 0.29) is 12.8 Å². The molecule has 0 aromatic carbocycles. The molecule has 1 amide bonds. The standard InChI is InChI=1S/C47H91NO10/c1-3-5-7-9-11-13-15-17-18-19-20-21-22-23-25-27-29-31-33-35-40(51)46(56)48-38(37-57-47-45(55)44(54)43(53)41(36-49)58-47)42(52)39(50)34-32-30-28-26-24-16-14-12-10-8-6-4-2/h30,32,38-45,47,49-55H,3-29,31,33-37H2,1-2H3,(H,48,56)/t38-,39+,40+,41+,42-,43-,44-,45+,47+/m0/s1. The Morgan fingerprint density at radius 2 is 1.03 bits per heavy atom. The molecule has 1 aliphatic rings. The first-order valence-electron chi connectivity index (χ1n) is 24.1. The first-order chi connectivity index (χ1) is 28.2. The van der Waals surface area contributed by atoms with Crippen LogP contribution in [0.2, 0.25) is 0 Å². The second-order valence-electron chi connectivity index (χ2n) is 17.2. The lowest BCUT2D eigenvalue weighted by molar-refractivity contribution is -0.303. The number of ether oxygens (including phenoxy) is 2. The molecule has 0 spiro atoms. The van der Waals surface area contributed by atoms with E-state index in [9.17, 15) is 40.5 Å². The summed E-state index contributed by atoms with van der Waals surface area (Å²) in [5.74, 6) is -0.711. The third kappa shape index (κ3) is 26.9. The Balaban J connectivity index is 2.42. The molecule has 0 aromatic heterocycles. The van der Waals surface area contributed by atoms with E-state index in [0.29, 0.717) is 6.42 Å². The van der Waals surface area contributed by atoms with Gasteiger partial charge in [-0.3, -0.25) is 4.79 Å². The van der Waals surface area contributed by atoms with Crippen LogP contribution in [0.3, 0.4) is 0 Å². The van der Waals surface area contributed by atoms with Crippen LogP contribution in [0.15, 0.2) is 12.2 Å². The predicted octanol–water partition coefficient (Wildman–Crippen LogP) is 8.06. The van der Waals surface area contributed by atoms with Crippen LogP contribution >= 0.6 is 0 Å². The minimum Gasteiger partial charge on any atom is -0.394 e. The molecule has 0 bridgehead atoms. The van der Waals surface area contributed by atoms with Crippen LogP contribution in [-0.2, 0) is 14.3 Å². The molecule has 1 rings (SSSR count). The largest absolute Gasteiger partial charge is 0.394 e. The third-order valence-corrected chi connectivity index (χ3v) is 11.8. The number of allylic oxidation sites excluding steroid dienone is 1. The normalized spacial score (nSPS) is 22.0. The van der Waals surface area contributed by atoms with Crippen molar-refractivity contribution in [2.45, 2.75) is 268 Å². The maximum absolute atomic E-state index is 13.1. The van der Waals surface area contributed by atoms with E-state index in [2.05, 4.69) is 19.2 Å². The molecule has 1 heterocycles. The van der Waals surface area contributed by atoms with Gasteiger partial charge in [0.25, 0.3) is 0 Å². The van der Waals surface area contributed by atoms with Crippen LogP contribution in [-0.4, -0.2) is 110 Å². The minimum absolute atomic E-state index is 0.132. The Hall–Kier alpha value is -1.15. The number of aliphatic hydroxyl groups is 7. The summed E-state index contributed by atoms with van der Waals surface area (Å²) in [6.45, 7) is 3.41. The van der Waals surface area contributed by atoms with E-state index in [1.807, 2.05) is 12.2 Å². The zero-order valence-corrected chi connectivity index (χ0v) is 37.0. The van der Waals surface area contributed by atoms with Crippen molar-refractivity contribution in [3.05, 3.63) is 12.2 Å². The number of carbonyl (C=O) groups excluding carboxylic acids is 1. The van der Waals surface area contributed by atoms with Crippen LogP contribution in [0.5, 0.6) is 0 Å². The van der Waals surface area contributed by atoms with Gasteiger partial charge in [0, 0.05) is 0 Å². The van der Waals surface area contributed by atoms with Crippen molar-refractivity contribution in [3.8, 4) is 0 Å². The van der Waals surface area contributed by atoms with E-state index >= 15 is 0 Å². The molecule has 58 heavy (non-hydrogen) atoms. The van der Waals surface area contributed by atoms with E-state index in [0.717, 1.165) is 38.5 Å². The van der Waals surface area contributed by atoms with Crippen LogP contribution in [0.25, 0.3) is 0 Å². The Bertz CT molecular complexity index is 954. The predicted molar refractivity (Wildman–Crippen MR) is 233 cm³/mol. The van der Waals surface area contributed by atoms with E-state index in [1.165, 1.54) is 141 Å². The molecular weight excluding hydrogens is 739 g/mol. The molecule has 0 aliphatic carbocycles. The van der Waals surface area contributed by atoms with Crippen LogP contribution in [0.1, 0.15) is 213 Å². The number of hydrogen-bond donors (Lipinski definition) is 8. The summed E-state index contributed by atoms with van der Waals surface area (Å²) in [7, 11) is 0. The number of amides is 1. The van der Waals surface area contributed by atoms with Gasteiger partial charge in [-0.1, -0.05) is 199 Å². The third-order valence-electron chi connectivity index (χ3n) is 11.8. The van der Waals surface area contributed by atoms with Crippen molar-refractivity contribution in [2.24, 2.45) is 0 Å². The van der Waals surface area contributed by atoms with Crippen molar-refractivity contribution in [2.75, 3.05) is 13.2 Å². The summed E-state index contributed by atoms with van der Waals surface area (Å²) < 4.78 is 11.1. The number of hydrogen-bond acceptors (Lipinski definition) is 10. The van der Waals surface area contributed by atoms with E-state index in [4.69, 9.17) is 9.47 Å². The quantitative estimate of drug-likeness (QED) is 0.0222. The lowest BCUT2D eigenvalue weighted by Crippen LogP contribution is -2.60. The Labute approximate surface area is 353 Å². The van der Waals surface area contributed by atoms with Gasteiger partial charge in [-0.25, -0.2) is 0 Å². The second kappa shape index (κ2) is 37.6. The topological polar surface area (TPSA) is 189 Å². The minimum atomic E-state index is -1.67. The summed E-state index contributed by atoms with van der Waals surface area (Å²) in [6.07, 6.45) is 28.5. The van der Waals surface area contributed by atoms with Gasteiger partial charge in [-0.05, 0) is 25.7 Å². The molecule has 9 atom stereocenters. The van der Waals surface area contributed by atoms with Crippen LogP contribution in [0, 0.1) is 0 Å². The number of unbranched alkanes of at least 4 members (excludes halogenated alkanes) is 27. The highest BCUT2D eigenvalue weighted by Crippen LogP contribution is 2.23. The van der Waals surface area contributed by atoms with Gasteiger partial charge in [-0.2, -0.15) is 0 Å². The van der Waals surface area contributed by atoms with Crippen LogP contribution in [0.4, 0.5) is 0 Å². The summed E-state index contributed by atoms with van der Waals surface area (Å²) in [5.41, 5.74) is 0. The Morgan fingerprint density at radius 1 is 0.603 bits per heavy atom. The van der Waals surface area contributed by atoms with Crippen molar-refractivity contribution in [1.82, 2.24) is 5.32 Å². The summed E-state index contributed by atoms with van der Waals surface area (Å²) >= 11 is 0. The molecule has 1 saturated heterocycles. The first-order valence-corrected chi connectivity index (χ1v) is 24.1. The summed E-state index contributed by atoms with van der Waals surface area (Å²) in [6, 6.07) is -1.19. The molecule has 11 nitrogen and oxygen atoms in total. The van der Waals surface area contributed by atoms with Gasteiger partial charge in [0.2, 0.25) is 5.91 Å². The van der Waals surface area contributed by atoms with Gasteiger partial charge in [-0.15, -0.1) is 0 Å². The molecular formula is C47H91NO10. The number of rotatable bonds is 40. The fraction of sp³-hybridized carbons (Fsp3) is 0.936. The van der Waals surface area contributed by atoms with Gasteiger partial charge in [0.05, 0.1) is 25.4 Å². The van der Waals surface area contributed by atoms with Crippen molar-refractivity contribution < 1.29 is 50.0 Å². The monoisotopic (exact) mass is 830 g/mol. The maximum Gasteiger partial charge on any atom is 0.249 e. The SMILES string of the molecule is CCCCCCCCCCCC=CC[C@@H](O)[C@@H](O)[C@H](CO[C@@H]1O[C@H](CO)[C@H](O)[C@H](O)[C@H]1O)NC(=O)[C@H](O)CCCCCCCCCCCCCCCCCCCCC. The molecule has 0 saturated carbocycles. The second-order valence-corrected chi connectivity index (χ2v) is 17.2. The van der Waals surface area contributed by atoms with Gasteiger partial charge in [0.15, 0.2) is 6.29 Å². The van der Waals surface area contributed by atoms with Gasteiger partial charge >= 0.3 is 0 Å². The fourth-order valence-electron chi connectivity index (χ4n) is 7.79. The van der Waals surface area contributed by atoms with Gasteiger partial charge in [0.1, 0.15) is 36.6 Å². The van der Waals surface area contributed by atoms with Crippen molar-refractivity contribution in [3.63, 3.8) is 0 Å². The first kappa shape index (κ1) is 54.9. The maximum atomic E-state index is 13.1. The van der Waals surface area contributed by atoms with Crippen LogP contribution < -0.4 is 5.32 Å². The molecule has 0 radical (unpaired) electrons. The highest BCUT2D eigenvalue weighted by atomic mass is 16.7. The van der Waals surface area contributed by atoms with Crippen molar-refractivity contribution in [1.29, 1.82) is 0 Å². The molecule has 0 aromatic rings. The molecule has 0 unspecified atom stereocenters. The number of aliphatic hydroxyl groups excluding tert-OH is 7. The number of carbonyl (C=O) groups is 1. The molecule has 8 N–H and O–H groups in total. The zero-order chi connectivity index (χ0) is 42.6. The molecule has 1 aliphatic heterocycles. The molecule has 344 valence electrons. The average Bonchev–Trinajstić information content (AvgIpc) is 3.22. The summed E-state index contributed by atoms with van der Waals surface area (Å²) in [4.78, 5) is 13.1. The lowest BCUT2D eigenvalue weighted by atomic mass is 9.99. The van der Waals surface area contributed by atoms with E-state index in [1.54, 1.807) is 0 Å². The molecule has 1 fully saturated rings.